The number of aliphatic carboxylic acids is 1. The van der Waals surface area contributed by atoms with Gasteiger partial charge in [-0.15, -0.1) is 0 Å². The lowest BCUT2D eigenvalue weighted by Crippen LogP contribution is -2.35. The first-order chi connectivity index (χ1) is 12.1. The number of carboxylic acid groups (broad SMARTS) is 1. The van der Waals surface area contributed by atoms with Crippen LogP contribution in [0.3, 0.4) is 0 Å². The van der Waals surface area contributed by atoms with E-state index in [9.17, 15) is 14.4 Å². The van der Waals surface area contributed by atoms with Crippen molar-refractivity contribution in [3.05, 3.63) is 29.8 Å². The Hall–Kier alpha value is -1.67. The average molecular weight is 383 g/mol. The van der Waals surface area contributed by atoms with Gasteiger partial charge >= 0.3 is 5.97 Å². The molecule has 0 saturated carbocycles. The van der Waals surface area contributed by atoms with Crippen molar-refractivity contribution >= 4 is 45.1 Å². The molecule has 25 heavy (non-hydrogen) atoms. The fourth-order valence-electron chi connectivity index (χ4n) is 2.43. The monoisotopic (exact) mass is 382 g/mol. The number of hydrogen-bond acceptors (Lipinski definition) is 5. The van der Waals surface area contributed by atoms with Crippen LogP contribution in [0.25, 0.3) is 0 Å². The molecule has 1 saturated heterocycles. The number of hydrogen-bond donors (Lipinski definition) is 2. The smallest absolute Gasteiger partial charge is 0.304 e. The summed E-state index contributed by atoms with van der Waals surface area (Å²) < 4.78 is 0. The summed E-state index contributed by atoms with van der Waals surface area (Å²) in [7, 11) is 3.04. The second kappa shape index (κ2) is 10.4. The molecule has 0 unspecified atom stereocenters. The number of carbonyl (C=O) groups excluding carboxylic acids is 2. The van der Waals surface area contributed by atoms with Crippen LogP contribution in [0, 0.1) is 0 Å². The highest BCUT2D eigenvalue weighted by Gasteiger charge is 2.19. The summed E-state index contributed by atoms with van der Waals surface area (Å²) in [5.41, 5.74) is 1.41. The third-order valence-corrected chi connectivity index (χ3v) is 6.13. The lowest BCUT2D eigenvalue weighted by molar-refractivity contribution is -0.136. The number of carbonyl (C=O) groups is 3. The maximum absolute atomic E-state index is 12.1. The third kappa shape index (κ3) is 6.62. The largest absolute Gasteiger partial charge is 0.481 e. The van der Waals surface area contributed by atoms with Crippen LogP contribution in [0.15, 0.2) is 24.3 Å². The number of amides is 2. The van der Waals surface area contributed by atoms with Gasteiger partial charge in [-0.3, -0.25) is 14.4 Å². The minimum Gasteiger partial charge on any atom is -0.481 e. The van der Waals surface area contributed by atoms with Gasteiger partial charge in [0.15, 0.2) is 0 Å². The van der Waals surface area contributed by atoms with E-state index in [4.69, 9.17) is 5.11 Å². The summed E-state index contributed by atoms with van der Waals surface area (Å²) in [4.78, 5) is 36.1. The first-order valence-corrected chi connectivity index (χ1v) is 10.7. The Morgan fingerprint density at radius 3 is 2.52 bits per heavy atom. The maximum Gasteiger partial charge on any atom is 0.304 e. The topological polar surface area (TPSA) is 86.7 Å². The molecule has 8 heteroatoms. The Morgan fingerprint density at radius 2 is 1.84 bits per heavy atom. The van der Waals surface area contributed by atoms with Gasteiger partial charge in [-0.05, 0) is 37.1 Å². The van der Waals surface area contributed by atoms with Gasteiger partial charge in [0.2, 0.25) is 5.91 Å². The molecule has 2 amide bonds. The highest BCUT2D eigenvalue weighted by molar-refractivity contribution is 8.76. The predicted octanol–water partition coefficient (Wildman–Crippen LogP) is 2.79. The van der Waals surface area contributed by atoms with E-state index in [2.05, 4.69) is 5.32 Å². The highest BCUT2D eigenvalue weighted by Crippen LogP contribution is 2.22. The van der Waals surface area contributed by atoms with Crippen molar-refractivity contribution in [1.82, 2.24) is 5.32 Å². The van der Waals surface area contributed by atoms with E-state index >= 15 is 0 Å². The third-order valence-electron chi connectivity index (χ3n) is 3.72. The number of anilines is 1. The molecule has 1 heterocycles. The Kier molecular flexibility index (Phi) is 8.14. The summed E-state index contributed by atoms with van der Waals surface area (Å²) in [6.07, 6.45) is 2.69. The van der Waals surface area contributed by atoms with E-state index < -0.39 is 5.97 Å². The molecule has 2 N–H and O–H groups in total. The van der Waals surface area contributed by atoms with E-state index in [1.807, 2.05) is 12.1 Å². The van der Waals surface area contributed by atoms with Gasteiger partial charge in [-0.25, -0.2) is 0 Å². The minimum absolute atomic E-state index is 0.140. The van der Waals surface area contributed by atoms with Crippen LogP contribution in [0.1, 0.15) is 36.0 Å². The molecule has 1 aromatic rings. The second-order valence-corrected chi connectivity index (χ2v) is 8.30. The molecule has 1 aliphatic heterocycles. The van der Waals surface area contributed by atoms with E-state index in [1.165, 1.54) is 10.8 Å². The Balaban J connectivity index is 1.71. The molecule has 0 radical (unpaired) electrons. The van der Waals surface area contributed by atoms with E-state index in [-0.39, 0.29) is 18.2 Å². The van der Waals surface area contributed by atoms with Gasteiger partial charge in [0, 0.05) is 42.3 Å². The van der Waals surface area contributed by atoms with Crippen LogP contribution in [0.4, 0.5) is 5.69 Å². The lowest BCUT2D eigenvalue weighted by atomic mass is 10.1. The zero-order chi connectivity index (χ0) is 18.1. The van der Waals surface area contributed by atoms with Crippen molar-refractivity contribution in [3.63, 3.8) is 0 Å². The molecule has 1 fully saturated rings. The first-order valence-electron chi connectivity index (χ1n) is 8.23. The molecule has 1 aliphatic rings. The summed E-state index contributed by atoms with van der Waals surface area (Å²) in [6, 6.07) is 7.10. The maximum atomic E-state index is 12.1. The molecule has 2 rings (SSSR count). The molecule has 0 atom stereocenters. The zero-order valence-corrected chi connectivity index (χ0v) is 15.5. The van der Waals surface area contributed by atoms with E-state index in [1.54, 1.807) is 27.8 Å². The Labute approximate surface area is 155 Å². The summed E-state index contributed by atoms with van der Waals surface area (Å²) >= 11 is 0. The van der Waals surface area contributed by atoms with Crippen LogP contribution in [0.5, 0.6) is 0 Å². The van der Waals surface area contributed by atoms with Crippen LogP contribution < -0.4 is 10.2 Å². The van der Waals surface area contributed by atoms with Crippen molar-refractivity contribution in [2.24, 2.45) is 0 Å². The number of benzene rings is 1. The standard InChI is InChI=1S/C17H22N2O4S2/c20-15-3-1-2-10-19(15)14-6-4-13(5-7-14)17(23)18-9-12-25-24-11-8-16(21)22/h4-7H,1-3,8-12H2,(H,18,23)(H,21,22). The average Bonchev–Trinajstić information content (AvgIpc) is 2.61. The molecular formula is C17H22N2O4S2. The molecule has 0 spiro atoms. The van der Waals surface area contributed by atoms with Gasteiger partial charge in [0.1, 0.15) is 0 Å². The van der Waals surface area contributed by atoms with Gasteiger partial charge in [0.05, 0.1) is 6.42 Å². The van der Waals surface area contributed by atoms with Crippen LogP contribution >= 0.6 is 21.6 Å². The molecule has 0 bridgehead atoms. The number of piperidine rings is 1. The summed E-state index contributed by atoms with van der Waals surface area (Å²) in [5, 5.41) is 11.4. The van der Waals surface area contributed by atoms with Crippen molar-refractivity contribution in [2.45, 2.75) is 25.7 Å². The summed E-state index contributed by atoms with van der Waals surface area (Å²) in [5.74, 6) is 0.478. The van der Waals surface area contributed by atoms with Gasteiger partial charge in [-0.1, -0.05) is 21.6 Å². The number of rotatable bonds is 9. The fourth-order valence-corrected chi connectivity index (χ4v) is 4.31. The van der Waals surface area contributed by atoms with E-state index in [0.717, 1.165) is 30.8 Å². The highest BCUT2D eigenvalue weighted by atomic mass is 33.1. The summed E-state index contributed by atoms with van der Waals surface area (Å²) in [6.45, 7) is 1.26. The lowest BCUT2D eigenvalue weighted by Gasteiger charge is -2.26. The van der Waals surface area contributed by atoms with Crippen LogP contribution in [-0.4, -0.2) is 47.5 Å². The molecule has 1 aromatic carbocycles. The van der Waals surface area contributed by atoms with Crippen LogP contribution in [-0.2, 0) is 9.59 Å². The number of nitrogens with one attached hydrogen (secondary N) is 1. The van der Waals surface area contributed by atoms with Gasteiger partial charge in [0.25, 0.3) is 5.91 Å². The van der Waals surface area contributed by atoms with Crippen molar-refractivity contribution in [1.29, 1.82) is 0 Å². The minimum atomic E-state index is -0.795. The molecular weight excluding hydrogens is 360 g/mol. The number of carboxylic acids is 1. The zero-order valence-electron chi connectivity index (χ0n) is 13.9. The molecule has 0 aromatic heterocycles. The Bertz CT molecular complexity index is 607. The van der Waals surface area contributed by atoms with Gasteiger partial charge < -0.3 is 15.3 Å². The fraction of sp³-hybridized carbons (Fsp3) is 0.471. The van der Waals surface area contributed by atoms with E-state index in [0.29, 0.717) is 24.3 Å². The van der Waals surface area contributed by atoms with Gasteiger partial charge in [-0.2, -0.15) is 0 Å². The first kappa shape index (κ1) is 19.7. The predicted molar refractivity (Wildman–Crippen MR) is 102 cm³/mol. The Morgan fingerprint density at radius 1 is 1.12 bits per heavy atom. The molecule has 0 aliphatic carbocycles. The van der Waals surface area contributed by atoms with Crippen molar-refractivity contribution in [3.8, 4) is 0 Å². The second-order valence-electron chi connectivity index (χ2n) is 5.59. The quantitative estimate of drug-likeness (QED) is 0.504. The molecule has 136 valence electrons. The van der Waals surface area contributed by atoms with Crippen LogP contribution in [0.2, 0.25) is 0 Å². The normalized spacial score (nSPS) is 14.4. The SMILES string of the molecule is O=C(O)CCSSCCNC(=O)c1ccc(N2CCCCC2=O)cc1. The van der Waals surface area contributed by atoms with Crippen molar-refractivity contribution in [2.75, 3.05) is 29.5 Å². The number of nitrogens with zero attached hydrogens (tertiary/aromatic N) is 1. The molecule has 6 nitrogen and oxygen atoms in total. The van der Waals surface area contributed by atoms with Crippen molar-refractivity contribution < 1.29 is 19.5 Å².